The molecule has 0 bridgehead atoms. The van der Waals surface area contributed by atoms with Crippen molar-refractivity contribution in [3.8, 4) is 5.75 Å². The molecular formula is C15H13IO5S. The maximum atomic E-state index is 12.2. The summed E-state index contributed by atoms with van der Waals surface area (Å²) in [6.45, 7) is 1.87. The number of esters is 1. The Bertz CT molecular complexity index is 797. The van der Waals surface area contributed by atoms with Gasteiger partial charge in [-0.05, 0) is 59.8 Å². The van der Waals surface area contributed by atoms with Gasteiger partial charge in [0.05, 0.1) is 16.2 Å². The van der Waals surface area contributed by atoms with Gasteiger partial charge in [0, 0.05) is 0 Å². The molecule has 2 aromatic rings. The largest absolute Gasteiger partial charge is 0.465 e. The highest BCUT2D eigenvalue weighted by Gasteiger charge is 2.19. The molecule has 0 atom stereocenters. The summed E-state index contributed by atoms with van der Waals surface area (Å²) in [6.07, 6.45) is 0. The molecular weight excluding hydrogens is 419 g/mol. The molecule has 0 aliphatic rings. The number of ether oxygens (including phenoxy) is 1. The second-order valence-corrected chi connectivity index (χ2v) is 7.20. The van der Waals surface area contributed by atoms with Crippen LogP contribution in [0.5, 0.6) is 5.75 Å². The van der Waals surface area contributed by atoms with Crippen LogP contribution in [0.4, 0.5) is 0 Å². The SMILES string of the molecule is COC(=O)c1ccc(OS(=O)(=O)c2ccc(C)cc2)c(I)c1. The lowest BCUT2D eigenvalue weighted by molar-refractivity contribution is 0.0600. The summed E-state index contributed by atoms with van der Waals surface area (Å²) in [5.41, 5.74) is 1.28. The maximum Gasteiger partial charge on any atom is 0.339 e. The first-order chi connectivity index (χ1) is 10.3. The Labute approximate surface area is 142 Å². The van der Waals surface area contributed by atoms with E-state index in [0.717, 1.165) is 5.56 Å². The molecule has 0 unspecified atom stereocenters. The molecule has 0 aromatic heterocycles. The van der Waals surface area contributed by atoms with E-state index in [1.54, 1.807) is 12.1 Å². The monoisotopic (exact) mass is 432 g/mol. The van der Waals surface area contributed by atoms with Crippen LogP contribution < -0.4 is 4.18 Å². The van der Waals surface area contributed by atoms with Gasteiger partial charge < -0.3 is 8.92 Å². The highest BCUT2D eigenvalue weighted by molar-refractivity contribution is 14.1. The molecule has 0 aliphatic heterocycles. The van der Waals surface area contributed by atoms with Crippen LogP contribution in [0.1, 0.15) is 15.9 Å². The number of carbonyl (C=O) groups is 1. The predicted octanol–water partition coefficient (Wildman–Crippen LogP) is 3.15. The normalized spacial score (nSPS) is 11.0. The van der Waals surface area contributed by atoms with Crippen molar-refractivity contribution in [3.05, 3.63) is 57.2 Å². The lowest BCUT2D eigenvalue weighted by Gasteiger charge is -2.09. The van der Waals surface area contributed by atoms with Crippen molar-refractivity contribution in [2.75, 3.05) is 7.11 Å². The predicted molar refractivity (Wildman–Crippen MR) is 89.5 cm³/mol. The minimum absolute atomic E-state index is 0.0749. The molecule has 0 heterocycles. The number of hydrogen-bond acceptors (Lipinski definition) is 5. The second kappa shape index (κ2) is 6.66. The molecule has 22 heavy (non-hydrogen) atoms. The van der Waals surface area contributed by atoms with Gasteiger partial charge >= 0.3 is 16.1 Å². The maximum absolute atomic E-state index is 12.2. The summed E-state index contributed by atoms with van der Waals surface area (Å²) in [7, 11) is -2.63. The van der Waals surface area contributed by atoms with Gasteiger partial charge in [-0.3, -0.25) is 0 Å². The van der Waals surface area contributed by atoms with Crippen molar-refractivity contribution in [2.24, 2.45) is 0 Å². The number of rotatable bonds is 4. The van der Waals surface area contributed by atoms with E-state index in [1.165, 1.54) is 37.4 Å². The molecule has 0 fully saturated rings. The highest BCUT2D eigenvalue weighted by Crippen LogP contribution is 2.26. The molecule has 2 rings (SSSR count). The smallest absolute Gasteiger partial charge is 0.339 e. The average Bonchev–Trinajstić information content (AvgIpc) is 2.48. The van der Waals surface area contributed by atoms with Crippen LogP contribution in [-0.2, 0) is 14.9 Å². The van der Waals surface area contributed by atoms with Gasteiger partial charge in [0.1, 0.15) is 4.90 Å². The quantitative estimate of drug-likeness (QED) is 0.422. The molecule has 5 nitrogen and oxygen atoms in total. The third kappa shape index (κ3) is 3.77. The van der Waals surface area contributed by atoms with Crippen molar-refractivity contribution >= 4 is 38.7 Å². The molecule has 0 aliphatic carbocycles. The lowest BCUT2D eigenvalue weighted by atomic mass is 10.2. The van der Waals surface area contributed by atoms with E-state index in [2.05, 4.69) is 4.74 Å². The van der Waals surface area contributed by atoms with Gasteiger partial charge in [0.2, 0.25) is 0 Å². The molecule has 0 radical (unpaired) electrons. The van der Waals surface area contributed by atoms with E-state index in [-0.39, 0.29) is 10.6 Å². The Morgan fingerprint density at radius 3 is 2.27 bits per heavy atom. The minimum atomic E-state index is -3.91. The Morgan fingerprint density at radius 1 is 1.09 bits per heavy atom. The second-order valence-electron chi connectivity index (χ2n) is 4.49. The van der Waals surface area contributed by atoms with Crippen LogP contribution in [0.2, 0.25) is 0 Å². The van der Waals surface area contributed by atoms with Gasteiger partial charge in [-0.2, -0.15) is 8.42 Å². The van der Waals surface area contributed by atoms with Crippen molar-refractivity contribution in [1.29, 1.82) is 0 Å². The number of carbonyl (C=O) groups excluding carboxylic acids is 1. The zero-order valence-corrected chi connectivity index (χ0v) is 14.8. The number of hydrogen-bond donors (Lipinski definition) is 0. The fraction of sp³-hybridized carbons (Fsp3) is 0.133. The van der Waals surface area contributed by atoms with Crippen LogP contribution in [0.3, 0.4) is 0 Å². The topological polar surface area (TPSA) is 69.7 Å². The third-order valence-corrected chi connectivity index (χ3v) is 4.95. The van der Waals surface area contributed by atoms with E-state index in [9.17, 15) is 13.2 Å². The summed E-state index contributed by atoms with van der Waals surface area (Å²) in [5.74, 6) is -0.334. The Hall–Kier alpha value is -1.61. The van der Waals surface area contributed by atoms with E-state index >= 15 is 0 Å². The van der Waals surface area contributed by atoms with Crippen LogP contribution in [0.25, 0.3) is 0 Å². The fourth-order valence-electron chi connectivity index (χ4n) is 1.68. The number of benzene rings is 2. The standard InChI is InChI=1S/C15H13IO5S/c1-10-3-6-12(7-4-10)22(18,19)21-14-8-5-11(9-13(14)16)15(17)20-2/h3-9H,1-2H3. The first kappa shape index (κ1) is 16.8. The Kier molecular flexibility index (Phi) is 5.07. The zero-order chi connectivity index (χ0) is 16.3. The molecule has 0 saturated heterocycles. The first-order valence-electron chi connectivity index (χ1n) is 6.22. The lowest BCUT2D eigenvalue weighted by Crippen LogP contribution is -2.11. The Balaban J connectivity index is 2.30. The van der Waals surface area contributed by atoms with E-state index in [1.807, 2.05) is 29.5 Å². The third-order valence-electron chi connectivity index (χ3n) is 2.86. The molecule has 2 aromatic carbocycles. The average molecular weight is 432 g/mol. The van der Waals surface area contributed by atoms with Gasteiger partial charge in [-0.1, -0.05) is 17.7 Å². The van der Waals surface area contributed by atoms with E-state index in [0.29, 0.717) is 9.13 Å². The van der Waals surface area contributed by atoms with Crippen LogP contribution >= 0.6 is 22.6 Å². The molecule has 0 spiro atoms. The fourth-order valence-corrected chi connectivity index (χ4v) is 3.41. The van der Waals surface area contributed by atoms with Gasteiger partial charge in [-0.15, -0.1) is 0 Å². The Morgan fingerprint density at radius 2 is 1.73 bits per heavy atom. The number of methoxy groups -OCH3 is 1. The van der Waals surface area contributed by atoms with Gasteiger partial charge in [0.15, 0.2) is 5.75 Å². The van der Waals surface area contributed by atoms with Crippen LogP contribution in [0.15, 0.2) is 47.4 Å². The first-order valence-corrected chi connectivity index (χ1v) is 8.71. The number of halogens is 1. The van der Waals surface area contributed by atoms with Crippen molar-refractivity contribution < 1.29 is 22.1 Å². The van der Waals surface area contributed by atoms with E-state index in [4.69, 9.17) is 4.18 Å². The number of aryl methyl sites for hydroxylation is 1. The van der Waals surface area contributed by atoms with Crippen LogP contribution in [0, 0.1) is 10.5 Å². The molecule has 0 saturated carbocycles. The van der Waals surface area contributed by atoms with E-state index < -0.39 is 16.1 Å². The van der Waals surface area contributed by atoms with Gasteiger partial charge in [0.25, 0.3) is 0 Å². The van der Waals surface area contributed by atoms with Gasteiger partial charge in [-0.25, -0.2) is 4.79 Å². The summed E-state index contributed by atoms with van der Waals surface area (Å²) in [4.78, 5) is 11.5. The summed E-state index contributed by atoms with van der Waals surface area (Å²) < 4.78 is 34.7. The zero-order valence-electron chi connectivity index (χ0n) is 11.9. The minimum Gasteiger partial charge on any atom is -0.465 e. The molecule has 7 heteroatoms. The highest BCUT2D eigenvalue weighted by atomic mass is 127. The summed E-state index contributed by atoms with van der Waals surface area (Å²) in [6, 6.07) is 10.8. The van der Waals surface area contributed by atoms with Crippen molar-refractivity contribution in [1.82, 2.24) is 0 Å². The molecule has 0 N–H and O–H groups in total. The summed E-state index contributed by atoms with van der Waals surface area (Å²) >= 11 is 1.90. The van der Waals surface area contributed by atoms with Crippen molar-refractivity contribution in [2.45, 2.75) is 11.8 Å². The molecule has 116 valence electrons. The van der Waals surface area contributed by atoms with Crippen LogP contribution in [-0.4, -0.2) is 21.5 Å². The molecule has 0 amide bonds. The summed E-state index contributed by atoms with van der Waals surface area (Å²) in [5, 5.41) is 0. The van der Waals surface area contributed by atoms with Crippen molar-refractivity contribution in [3.63, 3.8) is 0 Å².